The highest BCUT2D eigenvalue weighted by molar-refractivity contribution is 5.94. The highest BCUT2D eigenvalue weighted by Gasteiger charge is 2.23. The molecule has 0 radical (unpaired) electrons. The molecule has 1 unspecified atom stereocenters. The van der Waals surface area contributed by atoms with E-state index in [2.05, 4.69) is 41.4 Å². The number of anilines is 1. The first-order valence-electron chi connectivity index (χ1n) is 7.59. The number of halogens is 2. The molecule has 1 aromatic heterocycles. The number of fused-ring (bicyclic) bond motifs is 1. The second kappa shape index (κ2) is 8.97. The molecule has 0 saturated heterocycles. The smallest absolute Gasteiger partial charge is 0.254 e. The van der Waals surface area contributed by atoms with Crippen molar-refractivity contribution in [1.29, 1.82) is 0 Å². The van der Waals surface area contributed by atoms with Gasteiger partial charge in [-0.2, -0.15) is 0 Å². The molecule has 3 rings (SSSR count). The fraction of sp³-hybridized carbons (Fsp3) is 0.353. The average Bonchev–Trinajstić information content (AvgIpc) is 3.18. The number of furan rings is 1. The Hall–Kier alpha value is -1.69. The summed E-state index contributed by atoms with van der Waals surface area (Å²) in [5.74, 6) is 0.495. The van der Waals surface area contributed by atoms with Gasteiger partial charge in [-0.3, -0.25) is 4.79 Å². The SMILES string of the molecule is CC(CNC(=O)c1coc(CN)c1)N1CCc2ccccc21.Cl.Cl. The van der Waals surface area contributed by atoms with E-state index in [1.807, 2.05) is 0 Å². The van der Waals surface area contributed by atoms with Crippen molar-refractivity contribution in [3.8, 4) is 0 Å². The second-order valence-corrected chi connectivity index (χ2v) is 5.64. The maximum absolute atomic E-state index is 12.1. The Morgan fingerprint density at radius 2 is 2.12 bits per heavy atom. The van der Waals surface area contributed by atoms with E-state index in [0.29, 0.717) is 24.4 Å². The van der Waals surface area contributed by atoms with Gasteiger partial charge in [-0.25, -0.2) is 0 Å². The summed E-state index contributed by atoms with van der Waals surface area (Å²) in [6.45, 7) is 4.02. The third kappa shape index (κ3) is 4.23. The van der Waals surface area contributed by atoms with E-state index in [0.717, 1.165) is 13.0 Å². The number of nitrogens with zero attached hydrogens (tertiary/aromatic N) is 1. The van der Waals surface area contributed by atoms with Crippen LogP contribution in [0.5, 0.6) is 0 Å². The first-order chi connectivity index (χ1) is 10.7. The van der Waals surface area contributed by atoms with E-state index < -0.39 is 0 Å². The summed E-state index contributed by atoms with van der Waals surface area (Å²) in [6.07, 6.45) is 2.52. The van der Waals surface area contributed by atoms with Gasteiger partial charge in [0.1, 0.15) is 12.0 Å². The van der Waals surface area contributed by atoms with Crippen molar-refractivity contribution < 1.29 is 9.21 Å². The molecule has 0 saturated carbocycles. The number of hydrogen-bond acceptors (Lipinski definition) is 4. The van der Waals surface area contributed by atoms with E-state index in [-0.39, 0.29) is 36.8 Å². The molecule has 1 aliphatic rings. The highest BCUT2D eigenvalue weighted by Crippen LogP contribution is 2.28. The third-order valence-corrected chi connectivity index (χ3v) is 4.13. The fourth-order valence-corrected chi connectivity index (χ4v) is 2.88. The van der Waals surface area contributed by atoms with E-state index in [4.69, 9.17) is 10.2 Å². The molecule has 2 heterocycles. The lowest BCUT2D eigenvalue weighted by molar-refractivity contribution is 0.0951. The zero-order chi connectivity index (χ0) is 15.5. The molecule has 132 valence electrons. The minimum absolute atomic E-state index is 0. The lowest BCUT2D eigenvalue weighted by Gasteiger charge is -2.27. The summed E-state index contributed by atoms with van der Waals surface area (Å²) in [4.78, 5) is 14.5. The Morgan fingerprint density at radius 3 is 2.83 bits per heavy atom. The average molecular weight is 372 g/mol. The summed E-state index contributed by atoms with van der Waals surface area (Å²) in [6, 6.07) is 10.4. The van der Waals surface area contributed by atoms with Crippen LogP contribution in [0.15, 0.2) is 41.0 Å². The molecule has 5 nitrogen and oxygen atoms in total. The summed E-state index contributed by atoms with van der Waals surface area (Å²) < 4.78 is 5.19. The van der Waals surface area contributed by atoms with Crippen LogP contribution in [0.25, 0.3) is 0 Å². The molecule has 24 heavy (non-hydrogen) atoms. The van der Waals surface area contributed by atoms with Crippen LogP contribution in [0.1, 0.15) is 28.6 Å². The number of para-hydroxylation sites is 1. The van der Waals surface area contributed by atoms with Gasteiger partial charge in [0.25, 0.3) is 5.91 Å². The van der Waals surface area contributed by atoms with Gasteiger partial charge in [-0.15, -0.1) is 24.8 Å². The van der Waals surface area contributed by atoms with Crippen molar-refractivity contribution in [1.82, 2.24) is 5.32 Å². The van der Waals surface area contributed by atoms with Crippen LogP contribution in [0.3, 0.4) is 0 Å². The molecule has 0 fully saturated rings. The fourth-order valence-electron chi connectivity index (χ4n) is 2.88. The molecule has 1 atom stereocenters. The normalized spacial score (nSPS) is 13.5. The zero-order valence-electron chi connectivity index (χ0n) is 13.5. The Labute approximate surface area is 154 Å². The maximum atomic E-state index is 12.1. The van der Waals surface area contributed by atoms with Crippen molar-refractivity contribution in [3.63, 3.8) is 0 Å². The quantitative estimate of drug-likeness (QED) is 0.847. The van der Waals surface area contributed by atoms with Crippen molar-refractivity contribution in [2.75, 3.05) is 18.0 Å². The van der Waals surface area contributed by atoms with Crippen LogP contribution in [-0.2, 0) is 13.0 Å². The number of hydrogen-bond donors (Lipinski definition) is 2. The van der Waals surface area contributed by atoms with Gasteiger partial charge in [0.05, 0.1) is 12.1 Å². The van der Waals surface area contributed by atoms with Crippen molar-refractivity contribution >= 4 is 36.4 Å². The molecule has 2 aromatic rings. The molecule has 1 aliphatic heterocycles. The monoisotopic (exact) mass is 371 g/mol. The minimum atomic E-state index is -0.122. The summed E-state index contributed by atoms with van der Waals surface area (Å²) in [5.41, 5.74) is 8.66. The topological polar surface area (TPSA) is 71.5 Å². The molecule has 1 amide bonds. The molecule has 7 heteroatoms. The standard InChI is InChI=1S/C17H21N3O2.2ClH/c1-12(20-7-6-13-4-2-3-5-16(13)20)10-19-17(21)14-8-15(9-18)22-11-14;;/h2-5,8,11-12H,6-7,9-10,18H2,1H3,(H,19,21);2*1H. The number of rotatable bonds is 5. The van der Waals surface area contributed by atoms with Gasteiger partial charge in [0.15, 0.2) is 0 Å². The number of nitrogens with one attached hydrogen (secondary N) is 1. The largest absolute Gasteiger partial charge is 0.467 e. The van der Waals surface area contributed by atoms with Gasteiger partial charge in [0.2, 0.25) is 0 Å². The van der Waals surface area contributed by atoms with Crippen molar-refractivity contribution in [2.24, 2.45) is 5.73 Å². The molecule has 3 N–H and O–H groups in total. The predicted molar refractivity (Wildman–Crippen MR) is 100 cm³/mol. The summed E-state index contributed by atoms with van der Waals surface area (Å²) in [5, 5.41) is 2.96. The summed E-state index contributed by atoms with van der Waals surface area (Å²) >= 11 is 0. The Bertz CT molecular complexity index is 675. The number of nitrogens with two attached hydrogens (primary N) is 1. The zero-order valence-corrected chi connectivity index (χ0v) is 15.2. The van der Waals surface area contributed by atoms with E-state index >= 15 is 0 Å². The molecule has 0 bridgehead atoms. The van der Waals surface area contributed by atoms with Crippen LogP contribution < -0.4 is 16.0 Å². The third-order valence-electron chi connectivity index (χ3n) is 4.13. The van der Waals surface area contributed by atoms with Crippen LogP contribution in [0.2, 0.25) is 0 Å². The first-order valence-corrected chi connectivity index (χ1v) is 7.59. The molecule has 0 spiro atoms. The Balaban J connectivity index is 0.00000144. The molecule has 1 aromatic carbocycles. The molecular formula is C17H23Cl2N3O2. The van der Waals surface area contributed by atoms with Crippen LogP contribution >= 0.6 is 24.8 Å². The van der Waals surface area contributed by atoms with Crippen LogP contribution in [0, 0.1) is 0 Å². The lowest BCUT2D eigenvalue weighted by Crippen LogP contribution is -2.41. The van der Waals surface area contributed by atoms with Gasteiger partial charge < -0.3 is 20.4 Å². The van der Waals surface area contributed by atoms with Gasteiger partial charge in [0, 0.05) is 24.8 Å². The van der Waals surface area contributed by atoms with E-state index in [1.165, 1.54) is 17.5 Å². The van der Waals surface area contributed by atoms with Gasteiger partial charge >= 0.3 is 0 Å². The Morgan fingerprint density at radius 1 is 1.38 bits per heavy atom. The van der Waals surface area contributed by atoms with E-state index in [9.17, 15) is 4.79 Å². The minimum Gasteiger partial charge on any atom is -0.467 e. The lowest BCUT2D eigenvalue weighted by atomic mass is 10.2. The highest BCUT2D eigenvalue weighted by atomic mass is 35.5. The second-order valence-electron chi connectivity index (χ2n) is 5.64. The van der Waals surface area contributed by atoms with Crippen LogP contribution in [-0.4, -0.2) is 25.0 Å². The predicted octanol–water partition coefficient (Wildman–Crippen LogP) is 2.76. The number of benzene rings is 1. The van der Waals surface area contributed by atoms with Crippen molar-refractivity contribution in [3.05, 3.63) is 53.5 Å². The number of carbonyl (C=O) groups excluding carboxylic acids is 1. The van der Waals surface area contributed by atoms with E-state index in [1.54, 1.807) is 6.07 Å². The number of carbonyl (C=O) groups is 1. The van der Waals surface area contributed by atoms with Gasteiger partial charge in [-0.05, 0) is 31.0 Å². The summed E-state index contributed by atoms with van der Waals surface area (Å²) in [7, 11) is 0. The molecule has 0 aliphatic carbocycles. The van der Waals surface area contributed by atoms with Crippen molar-refractivity contribution in [2.45, 2.75) is 25.9 Å². The first kappa shape index (κ1) is 20.4. The Kier molecular flexibility index (Phi) is 7.60. The van der Waals surface area contributed by atoms with Gasteiger partial charge in [-0.1, -0.05) is 18.2 Å². The van der Waals surface area contributed by atoms with Crippen LogP contribution in [0.4, 0.5) is 5.69 Å². The molecular weight excluding hydrogens is 349 g/mol. The maximum Gasteiger partial charge on any atom is 0.254 e. The number of amides is 1.